The maximum Gasteiger partial charge on any atom is 0.238 e. The molecule has 4 nitrogen and oxygen atoms in total. The van der Waals surface area contributed by atoms with Crippen molar-refractivity contribution in [1.29, 1.82) is 0 Å². The van der Waals surface area contributed by atoms with Gasteiger partial charge in [-0.15, -0.1) is 24.2 Å². The molecule has 0 aliphatic carbocycles. The molecule has 2 aromatic rings. The van der Waals surface area contributed by atoms with Crippen molar-refractivity contribution in [3.8, 4) is 5.75 Å². The maximum absolute atomic E-state index is 12.5. The smallest absolute Gasteiger partial charge is 0.238 e. The number of hydrogen-bond donors (Lipinski definition) is 2. The molecule has 1 amide bonds. The molecule has 0 radical (unpaired) electrons. The molecule has 126 valence electrons. The Bertz CT molecular complexity index is 729. The molecule has 2 aliphatic heterocycles. The van der Waals surface area contributed by atoms with Crippen LogP contribution in [-0.4, -0.2) is 24.3 Å². The van der Waals surface area contributed by atoms with Crippen molar-refractivity contribution in [1.82, 2.24) is 5.32 Å². The summed E-state index contributed by atoms with van der Waals surface area (Å²) in [4.78, 5) is 13.8. The average Bonchev–Trinajstić information content (AvgIpc) is 2.87. The number of amides is 1. The van der Waals surface area contributed by atoms with Crippen LogP contribution in [0.25, 0.3) is 0 Å². The highest BCUT2D eigenvalue weighted by atomic mass is 35.5. The molecular weight excluding hydrogens is 344 g/mol. The summed E-state index contributed by atoms with van der Waals surface area (Å²) in [6.45, 7) is 2.28. The van der Waals surface area contributed by atoms with E-state index in [9.17, 15) is 4.79 Å². The highest BCUT2D eigenvalue weighted by molar-refractivity contribution is 8.01. The van der Waals surface area contributed by atoms with Crippen LogP contribution in [0, 0.1) is 0 Å². The Morgan fingerprint density at radius 2 is 2.08 bits per heavy atom. The molecule has 0 aromatic heterocycles. The molecule has 2 aromatic carbocycles. The summed E-state index contributed by atoms with van der Waals surface area (Å²) in [5.41, 5.74) is 3.18. The average molecular weight is 363 g/mol. The molecule has 0 spiro atoms. The van der Waals surface area contributed by atoms with Crippen LogP contribution < -0.4 is 15.4 Å². The number of carbonyl (C=O) groups is 1. The molecule has 1 atom stereocenters. The van der Waals surface area contributed by atoms with Gasteiger partial charge in [0.2, 0.25) is 5.91 Å². The molecule has 1 unspecified atom stereocenters. The van der Waals surface area contributed by atoms with E-state index < -0.39 is 0 Å². The van der Waals surface area contributed by atoms with Crippen LogP contribution >= 0.6 is 24.2 Å². The lowest BCUT2D eigenvalue weighted by molar-refractivity contribution is -0.115. The number of thioether (sulfide) groups is 1. The Morgan fingerprint density at radius 1 is 1.21 bits per heavy atom. The van der Waals surface area contributed by atoms with Crippen LogP contribution in [0.3, 0.4) is 0 Å². The third-order valence-electron chi connectivity index (χ3n) is 4.12. The van der Waals surface area contributed by atoms with E-state index in [0.29, 0.717) is 6.61 Å². The SMILES string of the molecule is Cl.O=C(Nc1ccc2c(c1)CNCCO2)C1Cc2ccccc2S1. The molecule has 6 heteroatoms. The number of halogens is 1. The molecule has 2 N–H and O–H groups in total. The van der Waals surface area contributed by atoms with E-state index in [4.69, 9.17) is 4.74 Å². The number of ether oxygens (including phenoxy) is 1. The van der Waals surface area contributed by atoms with Gasteiger partial charge >= 0.3 is 0 Å². The topological polar surface area (TPSA) is 50.4 Å². The van der Waals surface area contributed by atoms with Crippen molar-refractivity contribution in [3.05, 3.63) is 53.6 Å². The third-order valence-corrected chi connectivity index (χ3v) is 5.44. The summed E-state index contributed by atoms with van der Waals surface area (Å²) in [5, 5.41) is 6.30. The van der Waals surface area contributed by atoms with Gasteiger partial charge in [0.15, 0.2) is 0 Å². The first-order valence-electron chi connectivity index (χ1n) is 7.81. The Labute approximate surface area is 151 Å². The normalized spacial score (nSPS) is 18.4. The van der Waals surface area contributed by atoms with Gasteiger partial charge in [0.25, 0.3) is 0 Å². The Balaban J connectivity index is 0.00000169. The predicted octanol–water partition coefficient (Wildman–Crippen LogP) is 3.25. The van der Waals surface area contributed by atoms with Crippen molar-refractivity contribution in [3.63, 3.8) is 0 Å². The van der Waals surface area contributed by atoms with E-state index in [1.165, 1.54) is 10.5 Å². The molecule has 0 saturated heterocycles. The van der Waals surface area contributed by atoms with Crippen LogP contribution in [0.2, 0.25) is 0 Å². The Morgan fingerprint density at radius 3 is 2.96 bits per heavy atom. The molecule has 24 heavy (non-hydrogen) atoms. The van der Waals surface area contributed by atoms with Crippen molar-refractivity contribution < 1.29 is 9.53 Å². The minimum atomic E-state index is -0.0550. The quantitative estimate of drug-likeness (QED) is 0.861. The van der Waals surface area contributed by atoms with E-state index in [1.807, 2.05) is 30.3 Å². The highest BCUT2D eigenvalue weighted by Crippen LogP contribution is 2.37. The van der Waals surface area contributed by atoms with E-state index in [0.717, 1.165) is 36.5 Å². The zero-order chi connectivity index (χ0) is 15.6. The summed E-state index contributed by atoms with van der Waals surface area (Å²) < 4.78 is 5.67. The second-order valence-electron chi connectivity index (χ2n) is 5.76. The van der Waals surface area contributed by atoms with Gasteiger partial charge in [0, 0.05) is 29.2 Å². The fourth-order valence-corrected chi connectivity index (χ4v) is 4.14. The van der Waals surface area contributed by atoms with E-state index in [-0.39, 0.29) is 23.6 Å². The molecule has 2 heterocycles. The Kier molecular flexibility index (Phi) is 5.33. The van der Waals surface area contributed by atoms with Gasteiger partial charge in [0.1, 0.15) is 12.4 Å². The Hall–Kier alpha value is -1.69. The van der Waals surface area contributed by atoms with Crippen LogP contribution in [-0.2, 0) is 17.8 Å². The molecule has 0 bridgehead atoms. The lowest BCUT2D eigenvalue weighted by atomic mass is 10.1. The molecule has 4 rings (SSSR count). The fraction of sp³-hybridized carbons (Fsp3) is 0.278. The zero-order valence-electron chi connectivity index (χ0n) is 13.1. The van der Waals surface area contributed by atoms with Gasteiger partial charge < -0.3 is 15.4 Å². The lowest BCUT2D eigenvalue weighted by Gasteiger charge is -2.12. The summed E-state index contributed by atoms with van der Waals surface area (Å²) in [7, 11) is 0. The van der Waals surface area contributed by atoms with E-state index >= 15 is 0 Å². The first kappa shape index (κ1) is 17.1. The van der Waals surface area contributed by atoms with Gasteiger partial charge in [-0.05, 0) is 36.2 Å². The van der Waals surface area contributed by atoms with Crippen molar-refractivity contribution in [2.75, 3.05) is 18.5 Å². The number of fused-ring (bicyclic) bond motifs is 2. The van der Waals surface area contributed by atoms with Gasteiger partial charge in [-0.1, -0.05) is 18.2 Å². The van der Waals surface area contributed by atoms with Gasteiger partial charge in [0.05, 0.1) is 5.25 Å². The highest BCUT2D eigenvalue weighted by Gasteiger charge is 2.28. The summed E-state index contributed by atoms with van der Waals surface area (Å²) in [6.07, 6.45) is 0.794. The summed E-state index contributed by atoms with van der Waals surface area (Å²) in [5.74, 6) is 0.962. The minimum absolute atomic E-state index is 0. The van der Waals surface area contributed by atoms with Crippen LogP contribution in [0.1, 0.15) is 11.1 Å². The first-order valence-corrected chi connectivity index (χ1v) is 8.69. The standard InChI is InChI=1S/C18H18N2O2S.ClH/c21-18(17-10-12-3-1-2-4-16(12)23-17)20-14-5-6-15-13(9-14)11-19-7-8-22-15;/h1-6,9,17,19H,7-8,10-11H2,(H,20,21);1H. The van der Waals surface area contributed by atoms with Crippen molar-refractivity contribution in [2.45, 2.75) is 23.1 Å². The summed E-state index contributed by atoms with van der Waals surface area (Å²) >= 11 is 1.65. The van der Waals surface area contributed by atoms with E-state index in [2.05, 4.69) is 22.8 Å². The van der Waals surface area contributed by atoms with Crippen LogP contribution in [0.5, 0.6) is 5.75 Å². The number of hydrogen-bond acceptors (Lipinski definition) is 4. The monoisotopic (exact) mass is 362 g/mol. The number of anilines is 1. The molecule has 0 saturated carbocycles. The van der Waals surface area contributed by atoms with Crippen molar-refractivity contribution >= 4 is 35.8 Å². The number of rotatable bonds is 2. The maximum atomic E-state index is 12.5. The summed E-state index contributed by atoms with van der Waals surface area (Å²) in [6, 6.07) is 14.1. The second kappa shape index (κ2) is 7.47. The van der Waals surface area contributed by atoms with Crippen LogP contribution in [0.15, 0.2) is 47.4 Å². The largest absolute Gasteiger partial charge is 0.492 e. The molecule has 2 aliphatic rings. The number of benzene rings is 2. The third kappa shape index (κ3) is 3.53. The molecular formula is C18H19ClN2O2S. The van der Waals surface area contributed by atoms with Crippen molar-refractivity contribution in [2.24, 2.45) is 0 Å². The zero-order valence-corrected chi connectivity index (χ0v) is 14.7. The van der Waals surface area contributed by atoms with Crippen LogP contribution in [0.4, 0.5) is 5.69 Å². The number of nitrogens with one attached hydrogen (secondary N) is 2. The van der Waals surface area contributed by atoms with Gasteiger partial charge in [-0.3, -0.25) is 4.79 Å². The van der Waals surface area contributed by atoms with Gasteiger partial charge in [-0.25, -0.2) is 0 Å². The fourth-order valence-electron chi connectivity index (χ4n) is 2.94. The number of carbonyl (C=O) groups excluding carboxylic acids is 1. The first-order chi connectivity index (χ1) is 11.3. The second-order valence-corrected chi connectivity index (χ2v) is 7.00. The molecule has 0 fully saturated rings. The van der Waals surface area contributed by atoms with E-state index in [1.54, 1.807) is 11.8 Å². The minimum Gasteiger partial charge on any atom is -0.492 e. The predicted molar refractivity (Wildman–Crippen MR) is 99.3 cm³/mol. The van der Waals surface area contributed by atoms with Gasteiger partial charge in [-0.2, -0.15) is 0 Å². The lowest BCUT2D eigenvalue weighted by Crippen LogP contribution is -2.24.